The molecule has 0 radical (unpaired) electrons. The fraction of sp³-hybridized carbons (Fsp3) is 0.467. The van der Waals surface area contributed by atoms with Gasteiger partial charge in [0.05, 0.1) is 0 Å². The van der Waals surface area contributed by atoms with Crippen molar-refractivity contribution in [3.05, 3.63) is 35.4 Å². The fourth-order valence-electron chi connectivity index (χ4n) is 1.76. The van der Waals surface area contributed by atoms with Crippen molar-refractivity contribution < 1.29 is 4.79 Å². The fourth-order valence-corrected chi connectivity index (χ4v) is 1.76. The first-order chi connectivity index (χ1) is 9.40. The number of nitrogens with two attached hydrogens (primary N) is 1. The Morgan fingerprint density at radius 2 is 2.05 bits per heavy atom. The van der Waals surface area contributed by atoms with E-state index in [2.05, 4.69) is 10.3 Å². The second-order valence-electron chi connectivity index (χ2n) is 5.22. The second kappa shape index (κ2) is 9.59. The summed E-state index contributed by atoms with van der Waals surface area (Å²) in [5, 5.41) is 3.04. The lowest BCUT2D eigenvalue weighted by Gasteiger charge is -2.11. The Labute approximate surface area is 144 Å². The van der Waals surface area contributed by atoms with Gasteiger partial charge in [-0.05, 0) is 38.0 Å². The van der Waals surface area contributed by atoms with Crippen molar-refractivity contribution in [3.63, 3.8) is 0 Å². The van der Waals surface area contributed by atoms with E-state index in [4.69, 9.17) is 5.73 Å². The molecule has 5 nitrogen and oxygen atoms in total. The first-order valence-electron chi connectivity index (χ1n) is 6.77. The molecule has 0 unspecified atom stereocenters. The third-order valence-corrected chi connectivity index (χ3v) is 2.70. The van der Waals surface area contributed by atoms with Crippen molar-refractivity contribution in [2.24, 2.45) is 10.7 Å². The molecule has 0 fully saturated rings. The highest BCUT2D eigenvalue weighted by Crippen LogP contribution is 2.08. The van der Waals surface area contributed by atoms with E-state index in [1.165, 1.54) is 0 Å². The van der Waals surface area contributed by atoms with Crippen LogP contribution >= 0.6 is 24.0 Å². The van der Waals surface area contributed by atoms with Crippen molar-refractivity contribution in [3.8, 4) is 0 Å². The summed E-state index contributed by atoms with van der Waals surface area (Å²) >= 11 is 0. The minimum absolute atomic E-state index is 0. The van der Waals surface area contributed by atoms with Crippen LogP contribution in [0.1, 0.15) is 29.8 Å². The molecule has 0 saturated carbocycles. The molecule has 0 aliphatic rings. The average Bonchev–Trinajstić information content (AvgIpc) is 2.37. The number of hydrogen-bond acceptors (Lipinski definition) is 2. The number of halogens is 1. The van der Waals surface area contributed by atoms with Crippen LogP contribution < -0.4 is 11.1 Å². The van der Waals surface area contributed by atoms with E-state index in [0.29, 0.717) is 18.1 Å². The number of aliphatic imine (C=N–C) groups is 1. The molecule has 0 aliphatic carbocycles. The summed E-state index contributed by atoms with van der Waals surface area (Å²) in [5.41, 5.74) is 7.52. The highest BCUT2D eigenvalue weighted by molar-refractivity contribution is 14.0. The summed E-state index contributed by atoms with van der Waals surface area (Å²) in [6, 6.07) is 7.90. The van der Waals surface area contributed by atoms with Crippen LogP contribution in [-0.2, 0) is 6.42 Å². The van der Waals surface area contributed by atoms with E-state index in [-0.39, 0.29) is 35.9 Å². The van der Waals surface area contributed by atoms with E-state index in [1.54, 1.807) is 19.0 Å². The van der Waals surface area contributed by atoms with E-state index < -0.39 is 0 Å². The van der Waals surface area contributed by atoms with Crippen LogP contribution in [-0.4, -0.2) is 43.4 Å². The minimum atomic E-state index is 0. The van der Waals surface area contributed by atoms with Gasteiger partial charge in [-0.1, -0.05) is 12.1 Å². The van der Waals surface area contributed by atoms with Crippen LogP contribution in [0, 0.1) is 0 Å². The largest absolute Gasteiger partial charge is 0.370 e. The quantitative estimate of drug-likeness (QED) is 0.447. The van der Waals surface area contributed by atoms with Gasteiger partial charge in [0.1, 0.15) is 0 Å². The summed E-state index contributed by atoms with van der Waals surface area (Å²) in [7, 11) is 3.50. The topological polar surface area (TPSA) is 70.7 Å². The standard InChI is InChI=1S/C15H24N4O.HI/c1-11(2)18-15(16)17-9-8-12-6-5-7-13(10-12)14(20)19(3)4;/h5-7,10-11H,8-9H2,1-4H3,(H3,16,17,18);1H. The Balaban J connectivity index is 0.00000400. The van der Waals surface area contributed by atoms with Gasteiger partial charge in [-0.25, -0.2) is 0 Å². The molecule has 6 heteroatoms. The third-order valence-electron chi connectivity index (χ3n) is 2.70. The maximum absolute atomic E-state index is 11.9. The van der Waals surface area contributed by atoms with Crippen molar-refractivity contribution >= 4 is 35.8 Å². The average molecular weight is 404 g/mol. The Morgan fingerprint density at radius 3 is 2.62 bits per heavy atom. The van der Waals surface area contributed by atoms with Gasteiger partial charge in [0.15, 0.2) is 5.96 Å². The zero-order chi connectivity index (χ0) is 15.1. The molecule has 1 amide bonds. The number of nitrogens with zero attached hydrogens (tertiary/aromatic N) is 2. The number of guanidine groups is 1. The monoisotopic (exact) mass is 404 g/mol. The Hall–Kier alpha value is -1.31. The lowest BCUT2D eigenvalue weighted by atomic mass is 10.1. The predicted octanol–water partition coefficient (Wildman–Crippen LogP) is 1.86. The maximum atomic E-state index is 11.9. The van der Waals surface area contributed by atoms with Gasteiger partial charge in [0, 0.05) is 32.2 Å². The van der Waals surface area contributed by atoms with Gasteiger partial charge in [-0.3, -0.25) is 9.79 Å². The minimum Gasteiger partial charge on any atom is -0.370 e. The van der Waals surface area contributed by atoms with Gasteiger partial charge in [-0.2, -0.15) is 0 Å². The molecule has 1 aromatic carbocycles. The van der Waals surface area contributed by atoms with Crippen molar-refractivity contribution in [2.75, 3.05) is 20.6 Å². The van der Waals surface area contributed by atoms with Crippen LogP contribution in [0.25, 0.3) is 0 Å². The molecule has 21 heavy (non-hydrogen) atoms. The van der Waals surface area contributed by atoms with Crippen molar-refractivity contribution in [2.45, 2.75) is 26.3 Å². The van der Waals surface area contributed by atoms with Gasteiger partial charge < -0.3 is 16.0 Å². The highest BCUT2D eigenvalue weighted by atomic mass is 127. The summed E-state index contributed by atoms with van der Waals surface area (Å²) in [4.78, 5) is 17.7. The highest BCUT2D eigenvalue weighted by Gasteiger charge is 2.07. The molecule has 0 heterocycles. The predicted molar refractivity (Wildman–Crippen MR) is 98.3 cm³/mol. The lowest BCUT2D eigenvalue weighted by molar-refractivity contribution is 0.0827. The van der Waals surface area contributed by atoms with Crippen molar-refractivity contribution in [1.29, 1.82) is 0 Å². The van der Waals surface area contributed by atoms with E-state index >= 15 is 0 Å². The molecule has 3 N–H and O–H groups in total. The maximum Gasteiger partial charge on any atom is 0.253 e. The number of rotatable bonds is 5. The molecular weight excluding hydrogens is 379 g/mol. The molecule has 0 aromatic heterocycles. The zero-order valence-corrected chi connectivity index (χ0v) is 15.4. The third kappa shape index (κ3) is 7.31. The van der Waals surface area contributed by atoms with Crippen LogP contribution in [0.15, 0.2) is 29.3 Å². The second-order valence-corrected chi connectivity index (χ2v) is 5.22. The zero-order valence-electron chi connectivity index (χ0n) is 13.1. The molecule has 118 valence electrons. The number of amides is 1. The van der Waals surface area contributed by atoms with Gasteiger partial charge in [-0.15, -0.1) is 24.0 Å². The van der Waals surface area contributed by atoms with Crippen molar-refractivity contribution in [1.82, 2.24) is 10.2 Å². The van der Waals surface area contributed by atoms with Gasteiger partial charge in [0.2, 0.25) is 0 Å². The summed E-state index contributed by atoms with van der Waals surface area (Å²) in [6.07, 6.45) is 0.759. The first kappa shape index (κ1) is 19.7. The van der Waals surface area contributed by atoms with Crippen LogP contribution in [0.2, 0.25) is 0 Å². The Bertz CT molecular complexity index is 486. The smallest absolute Gasteiger partial charge is 0.253 e. The first-order valence-corrected chi connectivity index (χ1v) is 6.77. The Morgan fingerprint density at radius 1 is 1.38 bits per heavy atom. The molecular formula is C15H25IN4O. The van der Waals surface area contributed by atoms with Gasteiger partial charge >= 0.3 is 0 Å². The van der Waals surface area contributed by atoms with E-state index in [0.717, 1.165) is 12.0 Å². The van der Waals surface area contributed by atoms with E-state index in [1.807, 2.05) is 38.1 Å². The number of carbonyl (C=O) groups excluding carboxylic acids is 1. The molecule has 0 aliphatic heterocycles. The summed E-state index contributed by atoms with van der Waals surface area (Å²) in [6.45, 7) is 4.63. The molecule has 1 rings (SSSR count). The molecule has 0 bridgehead atoms. The molecule has 0 atom stereocenters. The number of benzene rings is 1. The number of hydrogen-bond donors (Lipinski definition) is 2. The summed E-state index contributed by atoms with van der Waals surface area (Å²) < 4.78 is 0. The lowest BCUT2D eigenvalue weighted by Crippen LogP contribution is -2.36. The molecule has 1 aromatic rings. The van der Waals surface area contributed by atoms with E-state index in [9.17, 15) is 4.79 Å². The molecule has 0 saturated heterocycles. The molecule has 0 spiro atoms. The normalized spacial score (nSPS) is 11.0. The number of nitrogens with one attached hydrogen (secondary N) is 1. The van der Waals surface area contributed by atoms with Crippen LogP contribution in [0.3, 0.4) is 0 Å². The summed E-state index contributed by atoms with van der Waals surface area (Å²) in [5.74, 6) is 0.469. The Kier molecular flexibility index (Phi) is 9.00. The van der Waals surface area contributed by atoms with Gasteiger partial charge in [0.25, 0.3) is 5.91 Å². The van der Waals surface area contributed by atoms with Crippen LogP contribution in [0.4, 0.5) is 0 Å². The van der Waals surface area contributed by atoms with Crippen LogP contribution in [0.5, 0.6) is 0 Å². The number of carbonyl (C=O) groups is 1. The SMILES string of the molecule is CC(C)NC(N)=NCCc1cccc(C(=O)N(C)C)c1.I.